The zero-order chi connectivity index (χ0) is 17.6. The van der Waals surface area contributed by atoms with Gasteiger partial charge in [0.2, 0.25) is 0 Å². The van der Waals surface area contributed by atoms with Gasteiger partial charge in [-0.15, -0.1) is 0 Å². The van der Waals surface area contributed by atoms with Gasteiger partial charge in [-0.3, -0.25) is 14.3 Å². The molecular formula is C15H9F4N3O2. The molecule has 0 bridgehead atoms. The van der Waals surface area contributed by atoms with Gasteiger partial charge in [0.1, 0.15) is 5.82 Å². The minimum atomic E-state index is -4.83. The highest BCUT2D eigenvalue weighted by Crippen LogP contribution is 2.32. The maximum Gasteiger partial charge on any atom is 0.435 e. The summed E-state index contributed by atoms with van der Waals surface area (Å²) in [4.78, 5) is 29.1. The number of H-pyrrole nitrogens is 1. The predicted octanol–water partition coefficient (Wildman–Crippen LogP) is 2.54. The lowest BCUT2D eigenvalue weighted by atomic mass is 10.1. The highest BCUT2D eigenvalue weighted by Gasteiger charge is 2.36. The van der Waals surface area contributed by atoms with E-state index < -0.39 is 40.0 Å². The van der Waals surface area contributed by atoms with Crippen LogP contribution in [0.2, 0.25) is 0 Å². The molecule has 0 aliphatic carbocycles. The predicted molar refractivity (Wildman–Crippen MR) is 77.7 cm³/mol. The van der Waals surface area contributed by atoms with Crippen LogP contribution in [0.4, 0.5) is 17.6 Å². The van der Waals surface area contributed by atoms with Crippen molar-refractivity contribution in [1.82, 2.24) is 14.5 Å². The fourth-order valence-corrected chi connectivity index (χ4v) is 2.48. The van der Waals surface area contributed by atoms with E-state index >= 15 is 0 Å². The van der Waals surface area contributed by atoms with Crippen LogP contribution in [-0.2, 0) is 6.18 Å². The molecule has 2 aromatic heterocycles. The molecule has 0 unspecified atom stereocenters. The molecule has 0 atom stereocenters. The summed E-state index contributed by atoms with van der Waals surface area (Å²) in [6.45, 7) is 1.49. The summed E-state index contributed by atoms with van der Waals surface area (Å²) in [5, 5.41) is -0.503. The SMILES string of the molecule is Cc1cc(F)c2c(=O)[nH]c(=O)n(-c3cccnc3C(F)(F)F)c2c1. The van der Waals surface area contributed by atoms with Gasteiger partial charge >= 0.3 is 11.9 Å². The molecule has 0 saturated carbocycles. The average Bonchev–Trinajstić information content (AvgIpc) is 2.45. The molecule has 0 spiro atoms. The number of aromatic amines is 1. The van der Waals surface area contributed by atoms with Crippen LogP contribution in [0, 0.1) is 12.7 Å². The Labute approximate surface area is 131 Å². The highest BCUT2D eigenvalue weighted by molar-refractivity contribution is 5.81. The van der Waals surface area contributed by atoms with E-state index in [9.17, 15) is 27.2 Å². The van der Waals surface area contributed by atoms with Crippen molar-refractivity contribution < 1.29 is 17.6 Å². The standard InChI is InChI=1S/C15H9F4N3O2/c1-7-5-8(16)11-10(6-7)22(14(24)21-13(11)23)9-3-2-4-20-12(9)15(17,18)19/h2-6H,1H3,(H,21,23,24). The monoisotopic (exact) mass is 339 g/mol. The molecule has 2 heterocycles. The quantitative estimate of drug-likeness (QED) is 0.693. The number of alkyl halides is 3. The van der Waals surface area contributed by atoms with Gasteiger partial charge in [0.25, 0.3) is 5.56 Å². The molecule has 5 nitrogen and oxygen atoms in total. The van der Waals surface area contributed by atoms with Crippen molar-refractivity contribution >= 4 is 10.9 Å². The Morgan fingerprint density at radius 2 is 1.92 bits per heavy atom. The van der Waals surface area contributed by atoms with Gasteiger partial charge in [-0.2, -0.15) is 13.2 Å². The third-order valence-corrected chi connectivity index (χ3v) is 3.40. The number of pyridine rings is 1. The molecule has 124 valence electrons. The van der Waals surface area contributed by atoms with Gasteiger partial charge in [-0.25, -0.2) is 14.2 Å². The van der Waals surface area contributed by atoms with E-state index in [0.29, 0.717) is 10.1 Å². The zero-order valence-electron chi connectivity index (χ0n) is 12.1. The Kier molecular flexibility index (Phi) is 3.51. The second kappa shape index (κ2) is 5.29. The summed E-state index contributed by atoms with van der Waals surface area (Å²) < 4.78 is 54.2. The van der Waals surface area contributed by atoms with Crippen LogP contribution < -0.4 is 11.2 Å². The molecule has 0 fully saturated rings. The van der Waals surface area contributed by atoms with Crippen LogP contribution in [0.15, 0.2) is 40.1 Å². The highest BCUT2D eigenvalue weighted by atomic mass is 19.4. The maximum absolute atomic E-state index is 14.1. The minimum Gasteiger partial charge on any atom is -0.273 e. The fourth-order valence-electron chi connectivity index (χ4n) is 2.48. The molecule has 0 saturated heterocycles. The van der Waals surface area contributed by atoms with E-state index in [4.69, 9.17) is 0 Å². The summed E-state index contributed by atoms with van der Waals surface area (Å²) in [6, 6.07) is 4.55. The lowest BCUT2D eigenvalue weighted by Crippen LogP contribution is -2.31. The number of aromatic nitrogens is 3. The zero-order valence-corrected chi connectivity index (χ0v) is 12.1. The van der Waals surface area contributed by atoms with E-state index in [2.05, 4.69) is 4.98 Å². The number of nitrogens with one attached hydrogen (secondary N) is 1. The normalized spacial score (nSPS) is 11.9. The van der Waals surface area contributed by atoms with Gasteiger partial charge in [-0.05, 0) is 36.8 Å². The first-order valence-electron chi connectivity index (χ1n) is 6.68. The van der Waals surface area contributed by atoms with Crippen molar-refractivity contribution in [1.29, 1.82) is 0 Å². The number of benzene rings is 1. The van der Waals surface area contributed by atoms with Crippen LogP contribution in [0.5, 0.6) is 0 Å². The largest absolute Gasteiger partial charge is 0.435 e. The van der Waals surface area contributed by atoms with Crippen molar-refractivity contribution in [2.24, 2.45) is 0 Å². The molecule has 0 aliphatic heterocycles. The first-order valence-corrected chi connectivity index (χ1v) is 6.68. The summed E-state index contributed by atoms with van der Waals surface area (Å²) in [7, 11) is 0. The molecule has 3 aromatic rings. The summed E-state index contributed by atoms with van der Waals surface area (Å²) in [5.41, 5.74) is -3.96. The third-order valence-electron chi connectivity index (χ3n) is 3.40. The lowest BCUT2D eigenvalue weighted by molar-refractivity contribution is -0.141. The fraction of sp³-hybridized carbons (Fsp3) is 0.133. The van der Waals surface area contributed by atoms with Crippen LogP contribution in [0.1, 0.15) is 11.3 Å². The number of fused-ring (bicyclic) bond motifs is 1. The second-order valence-corrected chi connectivity index (χ2v) is 5.10. The smallest absolute Gasteiger partial charge is 0.273 e. The molecule has 24 heavy (non-hydrogen) atoms. The first kappa shape index (κ1) is 15.9. The number of hydrogen-bond donors (Lipinski definition) is 1. The van der Waals surface area contributed by atoms with Gasteiger partial charge in [-0.1, -0.05) is 0 Å². The molecular weight excluding hydrogens is 330 g/mol. The molecule has 1 N–H and O–H groups in total. The molecule has 0 amide bonds. The number of halogens is 4. The number of aryl methyl sites for hydroxylation is 1. The Bertz CT molecular complexity index is 1070. The van der Waals surface area contributed by atoms with Crippen LogP contribution in [-0.4, -0.2) is 14.5 Å². The van der Waals surface area contributed by atoms with Crippen LogP contribution in [0.3, 0.4) is 0 Å². The van der Waals surface area contributed by atoms with Crippen molar-refractivity contribution in [3.05, 3.63) is 68.4 Å². The Morgan fingerprint density at radius 1 is 1.21 bits per heavy atom. The maximum atomic E-state index is 14.1. The Hall–Kier alpha value is -2.97. The second-order valence-electron chi connectivity index (χ2n) is 5.10. The van der Waals surface area contributed by atoms with E-state index in [-0.39, 0.29) is 5.52 Å². The molecule has 0 radical (unpaired) electrons. The van der Waals surface area contributed by atoms with Crippen molar-refractivity contribution in [2.45, 2.75) is 13.1 Å². The van der Waals surface area contributed by atoms with Crippen molar-refractivity contribution in [3.8, 4) is 5.69 Å². The van der Waals surface area contributed by atoms with E-state index in [0.717, 1.165) is 18.3 Å². The van der Waals surface area contributed by atoms with E-state index in [1.807, 2.05) is 4.98 Å². The number of rotatable bonds is 1. The van der Waals surface area contributed by atoms with Crippen LogP contribution in [0.25, 0.3) is 16.6 Å². The molecule has 3 rings (SSSR count). The van der Waals surface area contributed by atoms with E-state index in [1.165, 1.54) is 19.1 Å². The summed E-state index contributed by atoms with van der Waals surface area (Å²) >= 11 is 0. The van der Waals surface area contributed by atoms with Crippen molar-refractivity contribution in [3.63, 3.8) is 0 Å². The first-order chi connectivity index (χ1) is 11.2. The number of nitrogens with zero attached hydrogens (tertiary/aromatic N) is 2. The number of hydrogen-bond acceptors (Lipinski definition) is 3. The lowest BCUT2D eigenvalue weighted by Gasteiger charge is -2.15. The summed E-state index contributed by atoms with van der Waals surface area (Å²) in [5.74, 6) is -0.933. The van der Waals surface area contributed by atoms with Gasteiger partial charge in [0.15, 0.2) is 5.69 Å². The van der Waals surface area contributed by atoms with Crippen molar-refractivity contribution in [2.75, 3.05) is 0 Å². The topological polar surface area (TPSA) is 67.8 Å². The summed E-state index contributed by atoms with van der Waals surface area (Å²) in [6.07, 6.45) is -3.90. The van der Waals surface area contributed by atoms with E-state index in [1.54, 1.807) is 0 Å². The van der Waals surface area contributed by atoms with Crippen LogP contribution >= 0.6 is 0 Å². The molecule has 0 aliphatic rings. The average molecular weight is 339 g/mol. The molecule has 9 heteroatoms. The molecule has 1 aromatic carbocycles. The Balaban J connectivity index is 2.54. The minimum absolute atomic E-state index is 0.264. The van der Waals surface area contributed by atoms with Gasteiger partial charge in [0.05, 0.1) is 16.6 Å². The van der Waals surface area contributed by atoms with Gasteiger partial charge in [0, 0.05) is 6.20 Å². The van der Waals surface area contributed by atoms with Gasteiger partial charge < -0.3 is 0 Å². The Morgan fingerprint density at radius 3 is 2.58 bits per heavy atom. The third kappa shape index (κ3) is 2.47.